The quantitative estimate of drug-likeness (QED) is 0.818. The van der Waals surface area contributed by atoms with Gasteiger partial charge in [0.25, 0.3) is 0 Å². The van der Waals surface area contributed by atoms with Gasteiger partial charge in [0.15, 0.2) is 0 Å². The molecule has 2 aromatic rings. The van der Waals surface area contributed by atoms with Crippen LogP contribution < -0.4 is 10.2 Å². The Morgan fingerprint density at radius 1 is 1.24 bits per heavy atom. The van der Waals surface area contributed by atoms with Crippen LogP contribution in [0.4, 0.5) is 10.1 Å². The Hall–Kier alpha value is -1.98. The third-order valence-corrected chi connectivity index (χ3v) is 3.22. The first-order chi connectivity index (χ1) is 10.2. The number of aliphatic hydroxyl groups is 1. The summed E-state index contributed by atoms with van der Waals surface area (Å²) in [6, 6.07) is 10.8. The number of hydrogen-bond donors (Lipinski definition) is 2. The molecule has 0 aliphatic heterocycles. The predicted molar refractivity (Wildman–Crippen MR) is 81.5 cm³/mol. The molecule has 2 N–H and O–H groups in total. The molecule has 5 heteroatoms. The van der Waals surface area contributed by atoms with Crippen LogP contribution in [0.25, 0.3) is 0 Å². The van der Waals surface area contributed by atoms with Crippen molar-refractivity contribution >= 4 is 5.69 Å². The molecule has 0 amide bonds. The van der Waals surface area contributed by atoms with E-state index in [0.717, 1.165) is 11.3 Å². The van der Waals surface area contributed by atoms with Crippen LogP contribution in [0.15, 0.2) is 42.6 Å². The third kappa shape index (κ3) is 4.51. The Morgan fingerprint density at radius 3 is 2.81 bits per heavy atom. The van der Waals surface area contributed by atoms with Crippen molar-refractivity contribution in [1.29, 1.82) is 0 Å². The zero-order chi connectivity index (χ0) is 15.1. The van der Waals surface area contributed by atoms with Gasteiger partial charge in [-0.05, 0) is 29.8 Å². The predicted octanol–water partition coefficient (Wildman–Crippen LogP) is 1.94. The Bertz CT molecular complexity index is 563. The number of likely N-dealkylation sites (N-methyl/N-ethyl adjacent to an activating group) is 1. The molecule has 0 fully saturated rings. The number of pyridine rings is 1. The number of aliphatic hydroxyl groups excluding tert-OH is 1. The Kier molecular flexibility index (Phi) is 5.66. The molecular weight excluding hydrogens is 269 g/mol. The van der Waals surface area contributed by atoms with E-state index in [1.807, 2.05) is 18.2 Å². The molecule has 2 rings (SSSR count). The van der Waals surface area contributed by atoms with E-state index in [1.165, 1.54) is 6.07 Å². The van der Waals surface area contributed by atoms with Gasteiger partial charge in [-0.1, -0.05) is 12.1 Å². The molecule has 0 saturated carbocycles. The fraction of sp³-hybridized carbons (Fsp3) is 0.312. The Labute approximate surface area is 124 Å². The van der Waals surface area contributed by atoms with E-state index in [4.69, 9.17) is 5.11 Å². The normalized spacial score (nSPS) is 10.6. The van der Waals surface area contributed by atoms with Gasteiger partial charge in [0.1, 0.15) is 5.82 Å². The van der Waals surface area contributed by atoms with Crippen molar-refractivity contribution in [3.63, 3.8) is 0 Å². The molecule has 0 aliphatic rings. The molecule has 0 unspecified atom stereocenters. The Morgan fingerprint density at radius 2 is 2.10 bits per heavy atom. The number of hydrogen-bond acceptors (Lipinski definition) is 4. The lowest BCUT2D eigenvalue weighted by atomic mass is 10.1. The van der Waals surface area contributed by atoms with Crippen LogP contribution in [-0.4, -0.2) is 30.3 Å². The van der Waals surface area contributed by atoms with E-state index < -0.39 is 0 Å². The first-order valence-electron chi connectivity index (χ1n) is 6.91. The van der Waals surface area contributed by atoms with Gasteiger partial charge in [-0.3, -0.25) is 4.98 Å². The van der Waals surface area contributed by atoms with Gasteiger partial charge in [-0.2, -0.15) is 0 Å². The summed E-state index contributed by atoms with van der Waals surface area (Å²) in [6.07, 6.45) is 1.76. The van der Waals surface area contributed by atoms with Gasteiger partial charge in [0.2, 0.25) is 0 Å². The van der Waals surface area contributed by atoms with E-state index in [-0.39, 0.29) is 12.4 Å². The summed E-state index contributed by atoms with van der Waals surface area (Å²) in [4.78, 5) is 5.94. The van der Waals surface area contributed by atoms with Crippen molar-refractivity contribution < 1.29 is 9.50 Å². The highest BCUT2D eigenvalue weighted by molar-refractivity contribution is 5.49. The van der Waals surface area contributed by atoms with Crippen molar-refractivity contribution in [2.45, 2.75) is 13.1 Å². The van der Waals surface area contributed by atoms with Crippen LogP contribution in [0.3, 0.4) is 0 Å². The summed E-state index contributed by atoms with van der Waals surface area (Å²) in [7, 11) is 1.76. The molecule has 0 saturated heterocycles. The minimum Gasteiger partial charge on any atom is -0.395 e. The number of nitrogens with one attached hydrogen (secondary N) is 1. The fourth-order valence-electron chi connectivity index (χ4n) is 2.07. The average molecular weight is 289 g/mol. The number of rotatable bonds is 7. The first kappa shape index (κ1) is 15.4. The standard InChI is InChI=1S/C16H20FN3O/c1-20(8-9-21)16-10-13(5-6-15(16)17)11-18-12-14-4-2-3-7-19-14/h2-7,10,18,21H,8-9,11-12H2,1H3. The molecule has 0 radical (unpaired) electrons. The second-order valence-corrected chi connectivity index (χ2v) is 4.86. The first-order valence-corrected chi connectivity index (χ1v) is 6.91. The molecule has 0 spiro atoms. The summed E-state index contributed by atoms with van der Waals surface area (Å²) in [6.45, 7) is 1.71. The van der Waals surface area contributed by atoms with E-state index in [1.54, 1.807) is 30.3 Å². The lowest BCUT2D eigenvalue weighted by molar-refractivity contribution is 0.303. The van der Waals surface area contributed by atoms with Crippen molar-refractivity contribution in [2.24, 2.45) is 0 Å². The number of benzene rings is 1. The smallest absolute Gasteiger partial charge is 0.146 e. The lowest BCUT2D eigenvalue weighted by Gasteiger charge is -2.19. The Balaban J connectivity index is 1.96. The number of nitrogens with zero attached hydrogens (tertiary/aromatic N) is 2. The van der Waals surface area contributed by atoms with Crippen molar-refractivity contribution in [3.05, 3.63) is 59.7 Å². The van der Waals surface area contributed by atoms with Crippen LogP contribution in [0.1, 0.15) is 11.3 Å². The number of anilines is 1. The van der Waals surface area contributed by atoms with E-state index in [2.05, 4.69) is 10.3 Å². The van der Waals surface area contributed by atoms with Crippen LogP contribution in [0, 0.1) is 5.82 Å². The third-order valence-electron chi connectivity index (χ3n) is 3.22. The SMILES string of the molecule is CN(CCO)c1cc(CNCc2ccccn2)ccc1F. The number of aromatic nitrogens is 1. The van der Waals surface area contributed by atoms with Gasteiger partial charge < -0.3 is 15.3 Å². The topological polar surface area (TPSA) is 48.4 Å². The molecule has 1 aromatic carbocycles. The van der Waals surface area contributed by atoms with Crippen LogP contribution in [0.2, 0.25) is 0 Å². The average Bonchev–Trinajstić information content (AvgIpc) is 2.50. The van der Waals surface area contributed by atoms with E-state index in [9.17, 15) is 4.39 Å². The van der Waals surface area contributed by atoms with Crippen molar-refractivity contribution in [2.75, 3.05) is 25.1 Å². The van der Waals surface area contributed by atoms with E-state index in [0.29, 0.717) is 25.3 Å². The van der Waals surface area contributed by atoms with Gasteiger partial charge in [0, 0.05) is 32.9 Å². The van der Waals surface area contributed by atoms with Crippen LogP contribution in [0.5, 0.6) is 0 Å². The molecule has 112 valence electrons. The zero-order valence-corrected chi connectivity index (χ0v) is 12.1. The molecular formula is C16H20FN3O. The summed E-state index contributed by atoms with van der Waals surface area (Å²) in [5.74, 6) is -0.278. The minimum atomic E-state index is -0.278. The molecule has 21 heavy (non-hydrogen) atoms. The molecule has 1 heterocycles. The minimum absolute atomic E-state index is 0.00189. The van der Waals surface area contributed by atoms with E-state index >= 15 is 0 Å². The van der Waals surface area contributed by atoms with Crippen LogP contribution >= 0.6 is 0 Å². The summed E-state index contributed by atoms with van der Waals surface area (Å²) in [5.41, 5.74) is 2.46. The van der Waals surface area contributed by atoms with Crippen molar-refractivity contribution in [3.8, 4) is 0 Å². The molecule has 0 atom stereocenters. The highest BCUT2D eigenvalue weighted by atomic mass is 19.1. The second-order valence-electron chi connectivity index (χ2n) is 4.86. The molecule has 0 aliphatic carbocycles. The second kappa shape index (κ2) is 7.71. The maximum atomic E-state index is 13.8. The molecule has 4 nitrogen and oxygen atoms in total. The van der Waals surface area contributed by atoms with Gasteiger partial charge in [-0.25, -0.2) is 4.39 Å². The van der Waals surface area contributed by atoms with Gasteiger partial charge >= 0.3 is 0 Å². The number of halogens is 1. The van der Waals surface area contributed by atoms with Crippen molar-refractivity contribution in [1.82, 2.24) is 10.3 Å². The lowest BCUT2D eigenvalue weighted by Crippen LogP contribution is -2.22. The largest absolute Gasteiger partial charge is 0.395 e. The monoisotopic (exact) mass is 289 g/mol. The highest BCUT2D eigenvalue weighted by Crippen LogP contribution is 2.19. The maximum Gasteiger partial charge on any atom is 0.146 e. The summed E-state index contributed by atoms with van der Waals surface area (Å²) < 4.78 is 13.8. The summed E-state index contributed by atoms with van der Waals surface area (Å²) >= 11 is 0. The maximum absolute atomic E-state index is 13.8. The van der Waals surface area contributed by atoms with Crippen LogP contribution in [-0.2, 0) is 13.1 Å². The van der Waals surface area contributed by atoms with Gasteiger partial charge in [-0.15, -0.1) is 0 Å². The summed E-state index contributed by atoms with van der Waals surface area (Å²) in [5, 5.41) is 12.2. The van der Waals surface area contributed by atoms with Gasteiger partial charge in [0.05, 0.1) is 18.0 Å². The highest BCUT2D eigenvalue weighted by Gasteiger charge is 2.08. The fourth-order valence-corrected chi connectivity index (χ4v) is 2.07. The molecule has 0 bridgehead atoms. The molecule has 1 aromatic heterocycles. The zero-order valence-electron chi connectivity index (χ0n) is 12.1.